The Hall–Kier alpha value is -1.21. The van der Waals surface area contributed by atoms with Crippen molar-refractivity contribution in [2.24, 2.45) is 17.8 Å². The average molecular weight is 389 g/mol. The summed E-state index contributed by atoms with van der Waals surface area (Å²) in [5, 5.41) is 3.01. The van der Waals surface area contributed by atoms with Crippen molar-refractivity contribution in [1.29, 1.82) is 0 Å². The molecule has 148 valence electrons. The van der Waals surface area contributed by atoms with Gasteiger partial charge in [-0.3, -0.25) is 0 Å². The maximum atomic E-state index is 14.2. The van der Waals surface area contributed by atoms with E-state index < -0.39 is 21.7 Å². The normalized spacial score (nSPS) is 22.7. The fourth-order valence-electron chi connectivity index (χ4n) is 3.04. The number of hydrogen-bond acceptors (Lipinski definition) is 3. The third-order valence-electron chi connectivity index (χ3n) is 5.21. The molecule has 1 aliphatic carbocycles. The second-order valence-electron chi connectivity index (χ2n) is 7.84. The first kappa shape index (κ1) is 21.1. The number of halogens is 2. The summed E-state index contributed by atoms with van der Waals surface area (Å²) in [6.07, 6.45) is 2.37. The zero-order valence-electron chi connectivity index (χ0n) is 16.0. The summed E-state index contributed by atoms with van der Waals surface area (Å²) in [6.45, 7) is 8.05. The Balaban J connectivity index is 1.90. The quantitative estimate of drug-likeness (QED) is 0.588. The highest BCUT2D eigenvalue weighted by atomic mass is 32.2. The van der Waals surface area contributed by atoms with Gasteiger partial charge in [0.25, 0.3) is 0 Å². The van der Waals surface area contributed by atoms with Crippen LogP contribution in [0.2, 0.25) is 0 Å². The van der Waals surface area contributed by atoms with Crippen LogP contribution in [0.3, 0.4) is 0 Å². The van der Waals surface area contributed by atoms with Crippen LogP contribution in [0.15, 0.2) is 12.1 Å². The van der Waals surface area contributed by atoms with Crippen LogP contribution in [-0.2, 0) is 16.6 Å². The molecule has 0 radical (unpaired) electrons. The van der Waals surface area contributed by atoms with Crippen molar-refractivity contribution < 1.29 is 17.2 Å². The van der Waals surface area contributed by atoms with E-state index in [2.05, 4.69) is 37.7 Å². The molecule has 1 saturated carbocycles. The first-order valence-corrected chi connectivity index (χ1v) is 11.0. The van der Waals surface area contributed by atoms with Gasteiger partial charge in [0.2, 0.25) is 10.0 Å². The van der Waals surface area contributed by atoms with Gasteiger partial charge in [-0.25, -0.2) is 21.9 Å². The first-order valence-electron chi connectivity index (χ1n) is 9.32. The standard InChI is InChI=1S/C19H30F2N2O2S/c1-12(2)7-5-6-8-26(24,25)22-11-15-9-17(21)18(10-16(15)20)23-19-13(3)14(19)4/h9-10,12-14,19,22-23H,5-8,11H2,1-4H3/t13-,14-/m1/s1. The van der Waals surface area contributed by atoms with Crippen molar-refractivity contribution in [1.82, 2.24) is 4.72 Å². The van der Waals surface area contributed by atoms with E-state index in [9.17, 15) is 17.2 Å². The van der Waals surface area contributed by atoms with E-state index in [1.165, 1.54) is 0 Å². The van der Waals surface area contributed by atoms with Crippen LogP contribution in [0.25, 0.3) is 0 Å². The lowest BCUT2D eigenvalue weighted by molar-refractivity contribution is 0.538. The molecule has 0 aromatic heterocycles. The van der Waals surface area contributed by atoms with Crippen LogP contribution in [0, 0.1) is 29.4 Å². The predicted octanol–water partition coefficient (Wildman–Crippen LogP) is 4.28. The van der Waals surface area contributed by atoms with Crippen molar-refractivity contribution in [2.45, 2.75) is 59.5 Å². The Morgan fingerprint density at radius 1 is 1.08 bits per heavy atom. The smallest absolute Gasteiger partial charge is 0.211 e. The number of benzene rings is 1. The van der Waals surface area contributed by atoms with E-state index >= 15 is 0 Å². The van der Waals surface area contributed by atoms with E-state index in [-0.39, 0.29) is 29.6 Å². The molecule has 0 unspecified atom stereocenters. The molecule has 1 aromatic carbocycles. The summed E-state index contributed by atoms with van der Waals surface area (Å²) in [6, 6.07) is 2.33. The molecule has 26 heavy (non-hydrogen) atoms. The van der Waals surface area contributed by atoms with Gasteiger partial charge in [-0.1, -0.05) is 40.5 Å². The van der Waals surface area contributed by atoms with Crippen molar-refractivity contribution in [2.75, 3.05) is 11.1 Å². The molecule has 2 rings (SSSR count). The number of hydrogen-bond donors (Lipinski definition) is 2. The van der Waals surface area contributed by atoms with E-state index in [1.54, 1.807) is 0 Å². The zero-order chi connectivity index (χ0) is 19.5. The summed E-state index contributed by atoms with van der Waals surface area (Å²) in [5.74, 6) is 0.220. The monoisotopic (exact) mass is 388 g/mol. The van der Waals surface area contributed by atoms with Gasteiger partial charge in [-0.2, -0.15) is 0 Å². The van der Waals surface area contributed by atoms with E-state index in [0.29, 0.717) is 24.2 Å². The van der Waals surface area contributed by atoms with Crippen LogP contribution < -0.4 is 10.0 Å². The minimum atomic E-state index is -3.50. The molecule has 1 fully saturated rings. The van der Waals surface area contributed by atoms with Crippen molar-refractivity contribution >= 4 is 15.7 Å². The lowest BCUT2D eigenvalue weighted by atomic mass is 10.1. The summed E-state index contributed by atoms with van der Waals surface area (Å²) in [4.78, 5) is 0. The molecule has 0 bridgehead atoms. The van der Waals surface area contributed by atoms with Gasteiger partial charge < -0.3 is 5.32 Å². The summed E-state index contributed by atoms with van der Waals surface area (Å²) in [5.41, 5.74) is 0.139. The topological polar surface area (TPSA) is 58.2 Å². The molecule has 1 aromatic rings. The molecule has 2 atom stereocenters. The average Bonchev–Trinajstić information content (AvgIpc) is 3.11. The molecule has 2 N–H and O–H groups in total. The summed E-state index contributed by atoms with van der Waals surface area (Å²) >= 11 is 0. The van der Waals surface area contributed by atoms with Gasteiger partial charge in [0.15, 0.2) is 0 Å². The highest BCUT2D eigenvalue weighted by Crippen LogP contribution is 2.40. The Morgan fingerprint density at radius 3 is 2.31 bits per heavy atom. The second kappa shape index (κ2) is 8.65. The molecule has 4 nitrogen and oxygen atoms in total. The Kier molecular flexibility index (Phi) is 7.02. The lowest BCUT2D eigenvalue weighted by Crippen LogP contribution is -2.26. The van der Waals surface area contributed by atoms with E-state index in [1.807, 2.05) is 0 Å². The first-order chi connectivity index (χ1) is 12.1. The minimum absolute atomic E-state index is 0.000910. The number of rotatable bonds is 10. The van der Waals surface area contributed by atoms with Crippen LogP contribution >= 0.6 is 0 Å². The highest BCUT2D eigenvalue weighted by Gasteiger charge is 2.43. The van der Waals surface area contributed by atoms with Crippen LogP contribution in [-0.4, -0.2) is 20.2 Å². The second-order valence-corrected chi connectivity index (χ2v) is 9.77. The molecular weight excluding hydrogens is 358 g/mol. The Morgan fingerprint density at radius 2 is 1.73 bits per heavy atom. The summed E-state index contributed by atoms with van der Waals surface area (Å²) < 4.78 is 54.8. The lowest BCUT2D eigenvalue weighted by Gasteiger charge is -2.12. The van der Waals surface area contributed by atoms with Gasteiger partial charge >= 0.3 is 0 Å². The van der Waals surface area contributed by atoms with Gasteiger partial charge in [-0.15, -0.1) is 0 Å². The van der Waals surface area contributed by atoms with Gasteiger partial charge in [-0.05, 0) is 30.2 Å². The van der Waals surface area contributed by atoms with Crippen LogP contribution in [0.5, 0.6) is 0 Å². The largest absolute Gasteiger partial charge is 0.379 e. The highest BCUT2D eigenvalue weighted by molar-refractivity contribution is 7.89. The number of anilines is 1. The van der Waals surface area contributed by atoms with Gasteiger partial charge in [0.1, 0.15) is 11.6 Å². The maximum absolute atomic E-state index is 14.2. The molecule has 0 saturated heterocycles. The molecular formula is C19H30F2N2O2S. The molecule has 0 spiro atoms. The third kappa shape index (κ3) is 5.91. The van der Waals surface area contributed by atoms with Crippen molar-refractivity contribution in [3.63, 3.8) is 0 Å². The molecule has 0 aliphatic heterocycles. The minimum Gasteiger partial charge on any atom is -0.379 e. The maximum Gasteiger partial charge on any atom is 0.211 e. The Labute approximate surface area is 155 Å². The predicted molar refractivity (Wildman–Crippen MR) is 101 cm³/mol. The fourth-order valence-corrected chi connectivity index (χ4v) is 4.15. The SMILES string of the molecule is CC(C)CCCCS(=O)(=O)NCc1cc(F)c(NC2[C@H](C)[C@H]2C)cc1F. The van der Waals surface area contributed by atoms with Crippen LogP contribution in [0.4, 0.5) is 14.5 Å². The molecule has 1 aliphatic rings. The molecule has 0 amide bonds. The number of unbranched alkanes of at least 4 members (excludes halogenated alkanes) is 1. The van der Waals surface area contributed by atoms with E-state index in [4.69, 9.17) is 0 Å². The van der Waals surface area contributed by atoms with Gasteiger partial charge in [0.05, 0.1) is 11.4 Å². The van der Waals surface area contributed by atoms with Gasteiger partial charge in [0, 0.05) is 24.2 Å². The molecule has 0 heterocycles. The summed E-state index contributed by atoms with van der Waals surface area (Å²) in [7, 11) is -3.50. The number of sulfonamides is 1. The van der Waals surface area contributed by atoms with E-state index in [0.717, 1.165) is 25.0 Å². The van der Waals surface area contributed by atoms with Crippen molar-refractivity contribution in [3.8, 4) is 0 Å². The van der Waals surface area contributed by atoms with Crippen LogP contribution in [0.1, 0.15) is 52.5 Å². The zero-order valence-corrected chi connectivity index (χ0v) is 16.8. The fraction of sp³-hybridized carbons (Fsp3) is 0.684. The number of nitrogens with one attached hydrogen (secondary N) is 2. The Bertz CT molecular complexity index is 714. The third-order valence-corrected chi connectivity index (χ3v) is 6.62. The van der Waals surface area contributed by atoms with Crippen molar-refractivity contribution in [3.05, 3.63) is 29.3 Å². The molecule has 7 heteroatoms.